The number of esters is 1. The van der Waals surface area contributed by atoms with E-state index in [4.69, 9.17) is 9.47 Å². The number of methoxy groups -OCH3 is 1. The molecule has 1 atom stereocenters. The summed E-state index contributed by atoms with van der Waals surface area (Å²) in [6, 6.07) is 13.8. The summed E-state index contributed by atoms with van der Waals surface area (Å²) in [5.41, 5.74) is 0.990. The summed E-state index contributed by atoms with van der Waals surface area (Å²) in [4.78, 5) is 37.5. The van der Waals surface area contributed by atoms with Gasteiger partial charge < -0.3 is 9.47 Å². The van der Waals surface area contributed by atoms with E-state index in [9.17, 15) is 14.4 Å². The first kappa shape index (κ1) is 20.7. The number of hydrogen-bond acceptors (Lipinski definition) is 6. The maximum atomic E-state index is 12.3. The van der Waals surface area contributed by atoms with Gasteiger partial charge in [0.25, 0.3) is 0 Å². The number of rotatable bonds is 9. The van der Waals surface area contributed by atoms with E-state index in [0.29, 0.717) is 16.9 Å². The van der Waals surface area contributed by atoms with Crippen LogP contribution in [-0.4, -0.2) is 37.0 Å². The molecule has 0 aliphatic heterocycles. The molecule has 0 heterocycles. The standard InChI is InChI=1S/C21H22O5S/c1-14(21(24)16-4-8-17(25-2)9-5-16)26-20(23)13-12-19(22)15-6-10-18(27-3)11-7-15/h4-11,14H,12-13H2,1-3H3/t14-/m1/s1. The minimum atomic E-state index is -0.915. The predicted molar refractivity (Wildman–Crippen MR) is 105 cm³/mol. The van der Waals surface area contributed by atoms with Crippen LogP contribution in [0.2, 0.25) is 0 Å². The molecule has 2 aromatic carbocycles. The van der Waals surface area contributed by atoms with E-state index in [1.54, 1.807) is 55.3 Å². The normalized spacial score (nSPS) is 11.5. The summed E-state index contributed by atoms with van der Waals surface area (Å²) in [6.45, 7) is 1.52. The van der Waals surface area contributed by atoms with Crippen molar-refractivity contribution >= 4 is 29.3 Å². The van der Waals surface area contributed by atoms with Crippen LogP contribution in [0.25, 0.3) is 0 Å². The van der Waals surface area contributed by atoms with E-state index in [2.05, 4.69) is 0 Å². The molecule has 0 fully saturated rings. The van der Waals surface area contributed by atoms with E-state index >= 15 is 0 Å². The van der Waals surface area contributed by atoms with Gasteiger partial charge >= 0.3 is 5.97 Å². The van der Waals surface area contributed by atoms with Crippen molar-refractivity contribution in [2.75, 3.05) is 13.4 Å². The van der Waals surface area contributed by atoms with Crippen molar-refractivity contribution < 1.29 is 23.9 Å². The van der Waals surface area contributed by atoms with Gasteiger partial charge in [0.2, 0.25) is 5.78 Å². The van der Waals surface area contributed by atoms with Gasteiger partial charge in [-0.2, -0.15) is 0 Å². The summed E-state index contributed by atoms with van der Waals surface area (Å²) < 4.78 is 10.2. The highest BCUT2D eigenvalue weighted by molar-refractivity contribution is 7.98. The Kier molecular flexibility index (Phi) is 7.61. The quantitative estimate of drug-likeness (QED) is 0.366. The second-order valence-corrected chi connectivity index (χ2v) is 6.76. The van der Waals surface area contributed by atoms with Crippen molar-refractivity contribution in [1.29, 1.82) is 0 Å². The molecule has 0 N–H and O–H groups in total. The molecule has 0 amide bonds. The number of carbonyl (C=O) groups excluding carboxylic acids is 3. The van der Waals surface area contributed by atoms with Gasteiger partial charge in [-0.05, 0) is 49.6 Å². The first-order valence-corrected chi connectivity index (χ1v) is 9.72. The van der Waals surface area contributed by atoms with Gasteiger partial charge in [-0.15, -0.1) is 11.8 Å². The molecule has 0 bridgehead atoms. The monoisotopic (exact) mass is 386 g/mol. The Bertz CT molecular complexity index is 796. The Hall–Kier alpha value is -2.60. The Morgan fingerprint density at radius 1 is 0.926 bits per heavy atom. The molecule has 0 radical (unpaired) electrons. The average Bonchev–Trinajstić information content (AvgIpc) is 2.71. The zero-order valence-electron chi connectivity index (χ0n) is 15.6. The van der Waals surface area contributed by atoms with E-state index < -0.39 is 12.1 Å². The van der Waals surface area contributed by atoms with Gasteiger partial charge in [0.15, 0.2) is 11.9 Å². The highest BCUT2D eigenvalue weighted by atomic mass is 32.2. The minimum absolute atomic E-state index is 0.0426. The Labute approximate surface area is 163 Å². The van der Waals surface area contributed by atoms with Gasteiger partial charge in [-0.3, -0.25) is 14.4 Å². The van der Waals surface area contributed by atoms with Crippen LogP contribution in [0, 0.1) is 0 Å². The lowest BCUT2D eigenvalue weighted by Crippen LogP contribution is -2.24. The average molecular weight is 386 g/mol. The second kappa shape index (κ2) is 9.92. The number of benzene rings is 2. The lowest BCUT2D eigenvalue weighted by atomic mass is 10.1. The fourth-order valence-electron chi connectivity index (χ4n) is 2.44. The molecule has 0 aliphatic rings. The van der Waals surface area contributed by atoms with Gasteiger partial charge in [0, 0.05) is 22.4 Å². The maximum Gasteiger partial charge on any atom is 0.306 e. The number of thioether (sulfide) groups is 1. The molecular formula is C21H22O5S. The number of hydrogen-bond donors (Lipinski definition) is 0. The third kappa shape index (κ3) is 5.96. The van der Waals surface area contributed by atoms with E-state index in [0.717, 1.165) is 4.90 Å². The number of ether oxygens (including phenoxy) is 2. The molecule has 0 spiro atoms. The topological polar surface area (TPSA) is 69.7 Å². The molecule has 0 aliphatic carbocycles. The van der Waals surface area contributed by atoms with Gasteiger partial charge in [0.05, 0.1) is 13.5 Å². The first-order valence-electron chi connectivity index (χ1n) is 8.49. The summed E-state index contributed by atoms with van der Waals surface area (Å²) >= 11 is 1.59. The molecule has 0 unspecified atom stereocenters. The van der Waals surface area contributed by atoms with E-state index in [-0.39, 0.29) is 24.4 Å². The van der Waals surface area contributed by atoms with Gasteiger partial charge in [-0.1, -0.05) is 12.1 Å². The molecule has 142 valence electrons. The SMILES string of the molecule is COc1ccc(C(=O)[C@@H](C)OC(=O)CCC(=O)c2ccc(SC)cc2)cc1. The van der Waals surface area contributed by atoms with Crippen molar-refractivity contribution in [2.24, 2.45) is 0 Å². The highest BCUT2D eigenvalue weighted by Crippen LogP contribution is 2.17. The third-order valence-corrected chi connectivity index (χ3v) is 4.76. The van der Waals surface area contributed by atoms with Gasteiger partial charge in [-0.25, -0.2) is 0 Å². The van der Waals surface area contributed by atoms with Crippen molar-refractivity contribution in [2.45, 2.75) is 30.8 Å². The lowest BCUT2D eigenvalue weighted by molar-refractivity contribution is -0.146. The Balaban J connectivity index is 1.84. The largest absolute Gasteiger partial charge is 0.497 e. The fourth-order valence-corrected chi connectivity index (χ4v) is 2.84. The summed E-state index contributed by atoms with van der Waals surface area (Å²) in [7, 11) is 1.54. The molecule has 2 aromatic rings. The van der Waals surface area contributed by atoms with Crippen LogP contribution >= 0.6 is 11.8 Å². The lowest BCUT2D eigenvalue weighted by Gasteiger charge is -2.12. The first-order chi connectivity index (χ1) is 12.9. The minimum Gasteiger partial charge on any atom is -0.497 e. The number of carbonyl (C=O) groups is 3. The van der Waals surface area contributed by atoms with Crippen molar-refractivity contribution in [1.82, 2.24) is 0 Å². The smallest absolute Gasteiger partial charge is 0.306 e. The molecule has 6 heteroatoms. The van der Waals surface area contributed by atoms with Crippen molar-refractivity contribution in [3.05, 3.63) is 59.7 Å². The molecule has 0 saturated carbocycles. The zero-order chi connectivity index (χ0) is 19.8. The molecule has 0 saturated heterocycles. The number of ketones is 2. The van der Waals surface area contributed by atoms with E-state index in [1.165, 1.54) is 6.92 Å². The number of Topliss-reactive ketones (excluding diaryl/α,β-unsaturated/α-hetero) is 2. The van der Waals surface area contributed by atoms with Crippen molar-refractivity contribution in [3.8, 4) is 5.75 Å². The molecule has 5 nitrogen and oxygen atoms in total. The maximum absolute atomic E-state index is 12.3. The van der Waals surface area contributed by atoms with Crippen LogP contribution < -0.4 is 4.74 Å². The Morgan fingerprint density at radius 2 is 1.52 bits per heavy atom. The predicted octanol–water partition coefficient (Wildman–Crippen LogP) is 4.19. The summed E-state index contributed by atoms with van der Waals surface area (Å²) in [6.07, 6.45) is 1.02. The molecule has 27 heavy (non-hydrogen) atoms. The van der Waals surface area contributed by atoms with Gasteiger partial charge in [0.1, 0.15) is 5.75 Å². The second-order valence-electron chi connectivity index (χ2n) is 5.88. The zero-order valence-corrected chi connectivity index (χ0v) is 16.4. The van der Waals surface area contributed by atoms with Crippen LogP contribution in [0.1, 0.15) is 40.5 Å². The molecular weight excluding hydrogens is 364 g/mol. The third-order valence-electron chi connectivity index (χ3n) is 4.02. The van der Waals surface area contributed by atoms with E-state index in [1.807, 2.05) is 18.4 Å². The Morgan fingerprint density at radius 3 is 2.07 bits per heavy atom. The van der Waals surface area contributed by atoms with Crippen LogP contribution in [-0.2, 0) is 9.53 Å². The summed E-state index contributed by atoms with van der Waals surface area (Å²) in [5, 5.41) is 0. The fraction of sp³-hybridized carbons (Fsp3) is 0.286. The van der Waals surface area contributed by atoms with Crippen LogP contribution in [0.4, 0.5) is 0 Å². The highest BCUT2D eigenvalue weighted by Gasteiger charge is 2.20. The summed E-state index contributed by atoms with van der Waals surface area (Å²) in [5.74, 6) is -0.363. The molecule has 2 rings (SSSR count). The van der Waals surface area contributed by atoms with Crippen LogP contribution in [0.3, 0.4) is 0 Å². The van der Waals surface area contributed by atoms with Crippen LogP contribution in [0.5, 0.6) is 5.75 Å². The van der Waals surface area contributed by atoms with Crippen LogP contribution in [0.15, 0.2) is 53.4 Å². The molecule has 0 aromatic heterocycles. The van der Waals surface area contributed by atoms with Crippen molar-refractivity contribution in [3.63, 3.8) is 0 Å².